The van der Waals surface area contributed by atoms with Crippen molar-refractivity contribution in [3.05, 3.63) is 483 Å². The van der Waals surface area contributed by atoms with E-state index < -0.39 is 692 Å². The molecule has 0 aliphatic rings. The molecular formula is C118H80. The fourth-order valence-corrected chi connectivity index (χ4v) is 12.7. The molecule has 118 heavy (non-hydrogen) atoms. The van der Waals surface area contributed by atoms with Gasteiger partial charge in [0.05, 0.1) is 110 Å². The fourth-order valence-electron chi connectivity index (χ4n) is 12.7. The summed E-state index contributed by atoms with van der Waals surface area (Å²) in [6.45, 7) is 0. The maximum Gasteiger partial charge on any atom is 0.0636 e. The van der Waals surface area contributed by atoms with E-state index in [0.29, 0.717) is 0 Å². The third-order valence-electron chi connectivity index (χ3n) is 17.7. The lowest BCUT2D eigenvalue weighted by molar-refractivity contribution is 1.60. The minimum Gasteiger partial charge on any atom is -0.0622 e. The summed E-state index contributed by atoms with van der Waals surface area (Å²) in [5, 5.41) is -10.8. The molecule has 0 unspecified atom stereocenters. The zero-order valence-electron chi connectivity index (χ0n) is 139. The van der Waals surface area contributed by atoms with Crippen LogP contribution in [0.4, 0.5) is 0 Å². The number of fused-ring (bicyclic) bond motifs is 7. The van der Waals surface area contributed by atoms with Crippen molar-refractivity contribution in [2.45, 2.75) is 0 Å². The highest BCUT2D eigenvalue weighted by Gasteiger charge is 2.23. The predicted molar refractivity (Wildman–Crippen MR) is 507 cm³/mol. The molecule has 0 fully saturated rings. The summed E-state index contributed by atoms with van der Waals surface area (Å²) in [4.78, 5) is 0. The first-order valence-corrected chi connectivity index (χ1v) is 34.2. The van der Waals surface area contributed by atoms with Crippen molar-refractivity contribution in [2.75, 3.05) is 0 Å². The quantitative estimate of drug-likeness (QED) is 0.107. The molecule has 0 bridgehead atoms. The maximum absolute atomic E-state index is 10.0. The van der Waals surface area contributed by atoms with Gasteiger partial charge in [0, 0.05) is 0 Å². The van der Waals surface area contributed by atoms with E-state index in [9.17, 15) is 31.5 Å². The van der Waals surface area contributed by atoms with Crippen LogP contribution < -0.4 is 0 Å². The Kier molecular flexibility index (Phi) is 7.13. The first-order valence-electron chi connectivity index (χ1n) is 74.2. The van der Waals surface area contributed by atoms with Crippen molar-refractivity contribution >= 4 is 75.4 Å². The second kappa shape index (κ2) is 32.3. The molecular weight excluding hydrogens is 1420 g/mol. The zero-order chi connectivity index (χ0) is 148. The monoisotopic (exact) mass is 1580 g/mol. The van der Waals surface area contributed by atoms with Gasteiger partial charge in [-0.2, -0.15) is 0 Å². The minimum absolute atomic E-state index is 0.644. The topological polar surface area (TPSA) is 0 Å². The number of rotatable bonds is 12. The summed E-state index contributed by atoms with van der Waals surface area (Å²) in [5.74, 6) is 0. The van der Waals surface area contributed by atoms with Crippen LogP contribution in [-0.2, 0) is 0 Å². The molecule has 0 nitrogen and oxygen atoms in total. The average molecular weight is 1580 g/mol. The maximum atomic E-state index is 10.0. The van der Waals surface area contributed by atoms with Gasteiger partial charge in [0.2, 0.25) is 0 Å². The van der Waals surface area contributed by atoms with E-state index in [1.165, 1.54) is 0 Å². The lowest BCUT2D eigenvalue weighted by atomic mass is 9.84. The summed E-state index contributed by atoms with van der Waals surface area (Å²) in [6, 6.07) is -78.4. The van der Waals surface area contributed by atoms with Gasteiger partial charge in [-0.05, 0) is 227 Å². The first kappa shape index (κ1) is 26.1. The highest BCUT2D eigenvalue weighted by atomic mass is 14.3. The number of hydrogen-bond acceptors (Lipinski definition) is 0. The van der Waals surface area contributed by atoms with Crippen LogP contribution in [0.1, 0.15) is 110 Å². The lowest BCUT2D eigenvalue weighted by Gasteiger charge is -2.19. The van der Waals surface area contributed by atoms with Crippen molar-refractivity contribution in [1.29, 1.82) is 0 Å². The minimum atomic E-state index is -1.12. The molecule has 0 atom stereocenters. The van der Waals surface area contributed by atoms with Crippen molar-refractivity contribution in [3.8, 4) is 134 Å². The molecule has 0 amide bonds. The molecule has 0 saturated carbocycles. The highest BCUT2D eigenvalue weighted by molar-refractivity contribution is 6.25. The van der Waals surface area contributed by atoms with Gasteiger partial charge in [-0.25, -0.2) is 0 Å². The van der Waals surface area contributed by atoms with Gasteiger partial charge in [-0.15, -0.1) is 0 Å². The van der Waals surface area contributed by atoms with E-state index in [0.717, 1.165) is 0 Å². The number of hydrogen-bond donors (Lipinski definition) is 0. The van der Waals surface area contributed by atoms with E-state index in [2.05, 4.69) is 0 Å². The molecule has 552 valence electrons. The summed E-state index contributed by atoms with van der Waals surface area (Å²) >= 11 is 0. The van der Waals surface area contributed by atoms with E-state index >= 15 is 0 Å². The summed E-state index contributed by atoms with van der Waals surface area (Å²) < 4.78 is 705. The smallest absolute Gasteiger partial charge is 0.0622 e. The van der Waals surface area contributed by atoms with Gasteiger partial charge < -0.3 is 0 Å². The van der Waals surface area contributed by atoms with Gasteiger partial charge >= 0.3 is 0 Å². The summed E-state index contributed by atoms with van der Waals surface area (Å²) in [6.07, 6.45) is 0. The summed E-state index contributed by atoms with van der Waals surface area (Å²) in [5.41, 5.74) is -19.5. The SMILES string of the molecule is [2H]c1c([2H])c([2H])c(-c2c([2H])c([2H])c(-c3c4c([2H])c([2H])c([2H])c([2H])c4c(-c4c([2H])c([2H])c([2H])c([2H])c4[2H])c4c([2H])c(-c5c([2H])c([2H])c([2H])c([2H])c5[2H])c([2H])c([2H])c34)c([2H])c2[2H])c([2H])c1[2H].[2H]c1c([2H])c([2H])c(-c2c([2H])c([2H])c(-c3c4c([2H])c([2H])c([2H])c([2H])c4c(-c4c([2H])c([2H])c([2H])c([2H])c4[2H])c4c([2H])c(-c5c([2H])c([2H])c([2H])c6c([2H])c([2H])c([2H])c([2H])c56)c([2H])c([2H])c34)c([2H])c2[2H])c([2H])c1[2H].[2H]c1c([2H])c([2H])c(-c2c([2H])c([2H])c(-c3c4c([2H])c([2H])c([2H])c([2H])c4c(-c4c([2H])c([2H])c([2H])c([2H])c4[2H])c4c([2H])c([2H])c(-c5c([2H])c([2H])c([2H])c([2H])c5[2H])c([2H])c34)c([2H])c2[2H])c([2H])c1[2H]. The molecule has 0 N–H and O–H groups in total. The van der Waals surface area contributed by atoms with Crippen LogP contribution in [0.3, 0.4) is 0 Å². The lowest BCUT2D eigenvalue weighted by Crippen LogP contribution is -1.92. The van der Waals surface area contributed by atoms with Crippen molar-refractivity contribution < 1.29 is 110 Å². The molecule has 0 spiro atoms. The Morgan fingerprint density at radius 1 is 0.102 bits per heavy atom. The Labute approximate surface area is 801 Å². The Hall–Kier alpha value is -15.3. The Morgan fingerprint density at radius 2 is 0.271 bits per heavy atom. The zero-order valence-corrected chi connectivity index (χ0v) is 59.0. The van der Waals surface area contributed by atoms with Crippen LogP contribution in [0.5, 0.6) is 0 Å². The van der Waals surface area contributed by atoms with Gasteiger partial charge in [0.25, 0.3) is 0 Å². The highest BCUT2D eigenvalue weighted by Crippen LogP contribution is 2.50. The molecule has 22 aromatic rings. The molecule has 0 heteroatoms. The van der Waals surface area contributed by atoms with Crippen molar-refractivity contribution in [2.24, 2.45) is 0 Å². The molecule has 22 rings (SSSR count). The standard InChI is InChI=1S/C42H28.2C38H26/c1-3-12-29(13-4-1)30-22-24-33(25-23-30)41-37-19-9-10-20-38(37)42(32-15-5-2-6-16-32)40-28-34(26-27-39(40)41)36-21-11-17-31-14-7-8-18-35(31)36;1-4-12-27(13-5-1)29-20-22-31(23-21-29)37-33-18-10-11-19-34(33)38(30-16-8-3-9-17-30)36-26-32(24-25-35(36)37)28-14-6-2-7-15-28;1-4-12-27(13-5-1)29-20-22-31(23-21-29)38-34-19-11-10-18-33(34)37(30-16-8-3-9-17-30)35-25-24-32(26-36(35)38)28-14-6-2-7-15-28/h1-28H;2*1-26H/i1D,2D,3D,4D,5D,6D,7D,8D,9D,10D,11D,12D,13D,14D,15D,16D,17D,18D,19D,20D,21D,22D,23D,24D,25D,26D,27D,28D;2*1D,2D,3D,4D,5D,6D,7D,8D,9D,10D,11D,12D,13D,14D,15D,16D,17D,18D,19D,20D,21D,22D,23D,24D,25D,26D. The van der Waals surface area contributed by atoms with E-state index in [-0.39, 0.29) is 0 Å². The molecule has 0 aromatic heterocycles. The van der Waals surface area contributed by atoms with Crippen molar-refractivity contribution in [1.82, 2.24) is 0 Å². The number of benzene rings is 22. The average Bonchev–Trinajstić information content (AvgIpc) is 0.677. The van der Waals surface area contributed by atoms with Crippen LogP contribution in [0, 0.1) is 0 Å². The molecule has 0 saturated heterocycles. The van der Waals surface area contributed by atoms with Crippen LogP contribution in [-0.4, -0.2) is 0 Å². The molecule has 22 aromatic carbocycles. The third-order valence-corrected chi connectivity index (χ3v) is 17.7. The predicted octanol–water partition coefficient (Wildman–Crippen LogP) is 33.1. The molecule has 0 heterocycles. The van der Waals surface area contributed by atoms with Crippen LogP contribution in [0.25, 0.3) is 209 Å². The third kappa shape index (κ3) is 14.0. The van der Waals surface area contributed by atoms with Crippen molar-refractivity contribution in [3.63, 3.8) is 0 Å². The largest absolute Gasteiger partial charge is 0.0636 e. The van der Waals surface area contributed by atoms with E-state index in [4.69, 9.17) is 78.1 Å². The Balaban J connectivity index is 0.000000170. The molecule has 0 aliphatic carbocycles. The normalized spacial score (nSPS) is 20.7. The van der Waals surface area contributed by atoms with E-state index in [1.807, 2.05) is 0 Å². The van der Waals surface area contributed by atoms with Gasteiger partial charge in [-0.1, -0.05) is 465 Å². The van der Waals surface area contributed by atoms with Crippen LogP contribution in [0.15, 0.2) is 483 Å². The second-order valence-corrected chi connectivity index (χ2v) is 24.2. The molecule has 0 radical (unpaired) electrons. The van der Waals surface area contributed by atoms with Gasteiger partial charge in [-0.3, -0.25) is 0 Å². The van der Waals surface area contributed by atoms with Gasteiger partial charge in [0.15, 0.2) is 0 Å². The van der Waals surface area contributed by atoms with E-state index in [1.54, 1.807) is 0 Å². The fraction of sp³-hybridized carbons (Fsp3) is 0. The Bertz CT molecular complexity index is 12300. The first-order chi connectivity index (χ1) is 91.9. The summed E-state index contributed by atoms with van der Waals surface area (Å²) in [7, 11) is 0. The molecule has 0 aliphatic heterocycles. The Morgan fingerprint density at radius 3 is 0.559 bits per heavy atom. The van der Waals surface area contributed by atoms with Crippen LogP contribution >= 0.6 is 0 Å². The van der Waals surface area contributed by atoms with Gasteiger partial charge in [0.1, 0.15) is 0 Å². The van der Waals surface area contributed by atoms with Crippen LogP contribution in [0.2, 0.25) is 0 Å². The second-order valence-electron chi connectivity index (χ2n) is 24.2.